The molecule has 0 amide bonds. The number of hydrogen-bond donors (Lipinski definition) is 0. The molecule has 0 fully saturated rings. The van der Waals surface area contributed by atoms with E-state index in [0.29, 0.717) is 0 Å². The molecule has 0 aromatic heterocycles. The van der Waals surface area contributed by atoms with Gasteiger partial charge in [-0.2, -0.15) is 0 Å². The largest absolute Gasteiger partial charge is 0.494 e. The first kappa shape index (κ1) is 13.6. The van der Waals surface area contributed by atoms with Crippen LogP contribution in [-0.4, -0.2) is 24.9 Å². The molecule has 0 saturated carbocycles. The number of alkyl halides is 1. The molecule has 0 unspecified atom stereocenters. The zero-order chi connectivity index (χ0) is 11.8. The Morgan fingerprint density at radius 1 is 1.44 bits per heavy atom. The summed E-state index contributed by atoms with van der Waals surface area (Å²) in [4.78, 5) is 5.12. The molecule has 0 aliphatic carbocycles. The molecule has 0 atom stereocenters. The lowest BCUT2D eigenvalue weighted by Crippen LogP contribution is -1.97. The predicted octanol–water partition coefficient (Wildman–Crippen LogP) is 4.29. The Balaban J connectivity index is 2.57. The highest BCUT2D eigenvalue weighted by Gasteiger charge is 2.02. The first-order valence-electron chi connectivity index (χ1n) is 5.15. The van der Waals surface area contributed by atoms with Crippen molar-refractivity contribution in [1.82, 2.24) is 0 Å². The van der Waals surface area contributed by atoms with Gasteiger partial charge in [-0.25, -0.2) is 0 Å². The van der Waals surface area contributed by atoms with Gasteiger partial charge in [-0.1, -0.05) is 15.9 Å². The van der Waals surface area contributed by atoms with E-state index in [9.17, 15) is 0 Å². The highest BCUT2D eigenvalue weighted by Crippen LogP contribution is 2.31. The minimum Gasteiger partial charge on any atom is -0.494 e. The fourth-order valence-electron chi connectivity index (χ4n) is 1.27. The molecule has 2 nitrogen and oxygen atoms in total. The number of halogens is 1. The topological polar surface area (TPSA) is 21.6 Å². The van der Waals surface area contributed by atoms with E-state index >= 15 is 0 Å². The fraction of sp³-hybridized carbons (Fsp3) is 0.417. The summed E-state index contributed by atoms with van der Waals surface area (Å²) in [5.41, 5.74) is 0.894. The van der Waals surface area contributed by atoms with E-state index in [1.54, 1.807) is 11.8 Å². The predicted molar refractivity (Wildman–Crippen MR) is 76.0 cm³/mol. The van der Waals surface area contributed by atoms with Crippen LogP contribution in [0.3, 0.4) is 0 Å². The summed E-state index contributed by atoms with van der Waals surface area (Å²) >= 11 is 5.06. The third kappa shape index (κ3) is 4.18. The number of unbranched alkanes of at least 4 members (excludes halogenated alkanes) is 1. The van der Waals surface area contributed by atoms with Crippen LogP contribution in [0.25, 0.3) is 0 Å². The summed E-state index contributed by atoms with van der Waals surface area (Å²) < 4.78 is 5.63. The van der Waals surface area contributed by atoms with E-state index in [0.717, 1.165) is 41.1 Å². The van der Waals surface area contributed by atoms with Crippen LogP contribution in [0.1, 0.15) is 12.8 Å². The summed E-state index contributed by atoms with van der Waals surface area (Å²) in [7, 11) is 0. The van der Waals surface area contributed by atoms with Crippen LogP contribution in [0.2, 0.25) is 0 Å². The lowest BCUT2D eigenvalue weighted by atomic mass is 10.3. The molecule has 1 aromatic rings. The van der Waals surface area contributed by atoms with Crippen LogP contribution in [0, 0.1) is 0 Å². The molecule has 1 aromatic carbocycles. The molecule has 4 heteroatoms. The third-order valence-corrected chi connectivity index (χ3v) is 3.46. The summed E-state index contributed by atoms with van der Waals surface area (Å²) in [6.07, 6.45) is 4.22. The average molecular weight is 302 g/mol. The first-order chi connectivity index (χ1) is 7.81. The molecular formula is C12H16BrNOS. The summed E-state index contributed by atoms with van der Waals surface area (Å²) in [5.74, 6) is 0.870. The van der Waals surface area contributed by atoms with Gasteiger partial charge < -0.3 is 4.74 Å². The monoisotopic (exact) mass is 301 g/mol. The maximum Gasteiger partial charge on any atom is 0.121 e. The average Bonchev–Trinajstić information content (AvgIpc) is 2.34. The Morgan fingerprint density at radius 2 is 2.25 bits per heavy atom. The van der Waals surface area contributed by atoms with E-state index in [1.807, 2.05) is 24.5 Å². The molecular weight excluding hydrogens is 286 g/mol. The second kappa shape index (κ2) is 7.74. The van der Waals surface area contributed by atoms with Crippen LogP contribution in [-0.2, 0) is 0 Å². The van der Waals surface area contributed by atoms with Crippen molar-refractivity contribution in [3.63, 3.8) is 0 Å². The van der Waals surface area contributed by atoms with E-state index < -0.39 is 0 Å². The first-order valence-corrected chi connectivity index (χ1v) is 7.50. The van der Waals surface area contributed by atoms with E-state index in [2.05, 4.69) is 27.6 Å². The molecule has 0 N–H and O–H groups in total. The van der Waals surface area contributed by atoms with Crippen LogP contribution in [0.5, 0.6) is 5.75 Å². The fourth-order valence-corrected chi connectivity index (χ4v) is 2.20. The Morgan fingerprint density at radius 3 is 2.88 bits per heavy atom. The highest BCUT2D eigenvalue weighted by molar-refractivity contribution is 9.09. The van der Waals surface area contributed by atoms with Crippen molar-refractivity contribution in [3.05, 3.63) is 18.2 Å². The Labute approximate surface area is 110 Å². The summed E-state index contributed by atoms with van der Waals surface area (Å²) in [5, 5.41) is 1.03. The summed E-state index contributed by atoms with van der Waals surface area (Å²) in [6, 6.07) is 5.94. The van der Waals surface area contributed by atoms with Gasteiger partial charge in [0.05, 0.1) is 12.3 Å². The van der Waals surface area contributed by atoms with Crippen LogP contribution >= 0.6 is 27.7 Å². The Hall–Kier alpha value is -0.480. The quantitative estimate of drug-likeness (QED) is 0.324. The molecule has 0 bridgehead atoms. The number of benzene rings is 1. The Bertz CT molecular complexity index is 344. The number of hydrogen-bond acceptors (Lipinski definition) is 3. The maximum atomic E-state index is 5.63. The van der Waals surface area contributed by atoms with E-state index in [4.69, 9.17) is 4.74 Å². The number of aliphatic imine (C=N–C) groups is 1. The second-order valence-electron chi connectivity index (χ2n) is 3.24. The van der Waals surface area contributed by atoms with Crippen molar-refractivity contribution >= 4 is 40.1 Å². The molecule has 0 aliphatic heterocycles. The second-order valence-corrected chi connectivity index (χ2v) is 4.88. The minimum atomic E-state index is 0.751. The van der Waals surface area contributed by atoms with Crippen LogP contribution in [0.4, 0.5) is 5.69 Å². The van der Waals surface area contributed by atoms with Crippen molar-refractivity contribution in [3.8, 4) is 5.75 Å². The van der Waals surface area contributed by atoms with Gasteiger partial charge in [0.2, 0.25) is 0 Å². The van der Waals surface area contributed by atoms with Gasteiger partial charge in [-0.15, -0.1) is 11.8 Å². The minimum absolute atomic E-state index is 0.751. The zero-order valence-electron chi connectivity index (χ0n) is 9.41. The van der Waals surface area contributed by atoms with Crippen molar-refractivity contribution in [1.29, 1.82) is 0 Å². The molecule has 1 rings (SSSR count). The molecule has 0 aliphatic rings. The van der Waals surface area contributed by atoms with Gasteiger partial charge in [0.15, 0.2) is 0 Å². The van der Waals surface area contributed by atoms with Crippen molar-refractivity contribution < 1.29 is 4.74 Å². The van der Waals surface area contributed by atoms with E-state index in [-0.39, 0.29) is 0 Å². The van der Waals surface area contributed by atoms with Crippen molar-refractivity contribution in [2.45, 2.75) is 17.7 Å². The van der Waals surface area contributed by atoms with Gasteiger partial charge in [-0.3, -0.25) is 4.99 Å². The zero-order valence-corrected chi connectivity index (χ0v) is 11.8. The van der Waals surface area contributed by atoms with Gasteiger partial charge in [0.1, 0.15) is 5.75 Å². The number of thioether (sulfide) groups is 1. The number of ether oxygens (including phenoxy) is 1. The van der Waals surface area contributed by atoms with Crippen molar-refractivity contribution in [2.75, 3.05) is 18.2 Å². The van der Waals surface area contributed by atoms with E-state index in [1.165, 1.54) is 0 Å². The van der Waals surface area contributed by atoms with Gasteiger partial charge >= 0.3 is 0 Å². The van der Waals surface area contributed by atoms with Crippen LogP contribution < -0.4 is 4.74 Å². The standard InChI is InChI=1S/C12H16BrNOS/c1-14-11-9-10(5-6-12(11)16-2)15-8-4-3-7-13/h5-6,9H,1,3-4,7-8H2,2H3. The molecule has 0 radical (unpaired) electrons. The third-order valence-electron chi connectivity index (χ3n) is 2.12. The molecule has 0 heterocycles. The van der Waals surface area contributed by atoms with Gasteiger partial charge in [0, 0.05) is 16.3 Å². The smallest absolute Gasteiger partial charge is 0.121 e. The lowest BCUT2D eigenvalue weighted by Gasteiger charge is -2.08. The number of nitrogens with zero attached hydrogens (tertiary/aromatic N) is 1. The lowest BCUT2D eigenvalue weighted by molar-refractivity contribution is 0.310. The normalized spacial score (nSPS) is 10.1. The van der Waals surface area contributed by atoms with Crippen molar-refractivity contribution in [2.24, 2.45) is 4.99 Å². The summed E-state index contributed by atoms with van der Waals surface area (Å²) in [6.45, 7) is 4.32. The SMILES string of the molecule is C=Nc1cc(OCCCCBr)ccc1SC. The number of rotatable bonds is 7. The molecule has 0 saturated heterocycles. The molecule has 0 spiro atoms. The van der Waals surface area contributed by atoms with Crippen LogP contribution in [0.15, 0.2) is 28.1 Å². The van der Waals surface area contributed by atoms with Gasteiger partial charge in [0.25, 0.3) is 0 Å². The maximum absolute atomic E-state index is 5.63. The molecule has 88 valence electrons. The highest BCUT2D eigenvalue weighted by atomic mass is 79.9. The molecule has 16 heavy (non-hydrogen) atoms. The van der Waals surface area contributed by atoms with Gasteiger partial charge in [-0.05, 0) is 37.9 Å². The Kier molecular flexibility index (Phi) is 6.57.